The molecule has 7 heteroatoms. The summed E-state index contributed by atoms with van der Waals surface area (Å²) in [6.07, 6.45) is 3.67. The van der Waals surface area contributed by atoms with Crippen molar-refractivity contribution in [2.75, 3.05) is 7.11 Å². The van der Waals surface area contributed by atoms with E-state index in [0.717, 1.165) is 25.7 Å². The number of phenols is 1. The smallest absolute Gasteiger partial charge is 0.290 e. The summed E-state index contributed by atoms with van der Waals surface area (Å²) in [5, 5.41) is 22.7. The first-order chi connectivity index (χ1) is 13.5. The Morgan fingerprint density at radius 2 is 1.96 bits per heavy atom. The third-order valence-corrected chi connectivity index (χ3v) is 6.34. The van der Waals surface area contributed by atoms with Crippen LogP contribution in [-0.4, -0.2) is 40.0 Å². The van der Waals surface area contributed by atoms with Gasteiger partial charge < -0.3 is 19.8 Å². The van der Waals surface area contributed by atoms with E-state index in [2.05, 4.69) is 0 Å². The Morgan fingerprint density at radius 3 is 2.57 bits per heavy atom. The van der Waals surface area contributed by atoms with E-state index < -0.39 is 17.7 Å². The maximum Gasteiger partial charge on any atom is 0.290 e. The van der Waals surface area contributed by atoms with Crippen LogP contribution in [0.1, 0.15) is 47.0 Å². The number of hydrogen-bond donors (Lipinski definition) is 2. The number of aromatic hydroxyl groups is 1. The van der Waals surface area contributed by atoms with Gasteiger partial charge >= 0.3 is 0 Å². The molecule has 1 aromatic carbocycles. The number of ether oxygens (including phenoxy) is 1. The molecule has 28 heavy (non-hydrogen) atoms. The molecule has 1 aromatic heterocycles. The van der Waals surface area contributed by atoms with Gasteiger partial charge in [-0.2, -0.15) is 0 Å². The largest absolute Gasteiger partial charge is 0.504 e. The molecule has 2 aromatic rings. The van der Waals surface area contributed by atoms with Crippen LogP contribution in [0.5, 0.6) is 11.5 Å². The molecular weight excluding hydrogens is 378 g/mol. The van der Waals surface area contributed by atoms with Crippen LogP contribution in [0.2, 0.25) is 0 Å². The second-order valence-electron chi connectivity index (χ2n) is 7.05. The number of methoxy groups -OCH3 is 1. The van der Waals surface area contributed by atoms with Crippen molar-refractivity contribution in [3.63, 3.8) is 0 Å². The SMILES string of the molecule is COc1ccc(C2C(C(=O)c3cccs3)=C(O)C(=O)N2C2CCCC2)cc1O. The van der Waals surface area contributed by atoms with Gasteiger partial charge in [-0.15, -0.1) is 11.3 Å². The summed E-state index contributed by atoms with van der Waals surface area (Å²) in [5.41, 5.74) is 0.645. The highest BCUT2D eigenvalue weighted by Gasteiger charge is 2.47. The number of Topliss-reactive ketones (excluding diaryl/α,β-unsaturated/α-hetero) is 1. The topological polar surface area (TPSA) is 87.1 Å². The number of aliphatic hydroxyl groups excluding tert-OH is 1. The number of thiophene rings is 1. The minimum atomic E-state index is -0.734. The van der Waals surface area contributed by atoms with Gasteiger partial charge in [0.2, 0.25) is 5.78 Å². The lowest BCUT2D eigenvalue weighted by molar-refractivity contribution is -0.131. The van der Waals surface area contributed by atoms with E-state index >= 15 is 0 Å². The molecule has 2 N–H and O–H groups in total. The first-order valence-corrected chi connectivity index (χ1v) is 10.1. The van der Waals surface area contributed by atoms with Gasteiger partial charge in [0.05, 0.1) is 23.6 Å². The van der Waals surface area contributed by atoms with Gasteiger partial charge in [-0.25, -0.2) is 0 Å². The summed E-state index contributed by atoms with van der Waals surface area (Å²) in [7, 11) is 1.45. The minimum absolute atomic E-state index is 0.0440. The average Bonchev–Trinajstić information content (AvgIpc) is 3.43. The van der Waals surface area contributed by atoms with Crippen molar-refractivity contribution in [1.82, 2.24) is 4.90 Å². The van der Waals surface area contributed by atoms with Gasteiger partial charge in [-0.3, -0.25) is 9.59 Å². The monoisotopic (exact) mass is 399 g/mol. The Bertz CT molecular complexity index is 944. The standard InChI is InChI=1S/C21H21NO5S/c1-27-15-9-8-12(11-14(15)23)18-17(19(24)16-7-4-10-28-16)20(25)21(26)22(18)13-5-2-3-6-13/h4,7-11,13,18,23,25H,2-3,5-6H2,1H3. The van der Waals surface area contributed by atoms with Gasteiger partial charge in [0.1, 0.15) is 0 Å². The van der Waals surface area contributed by atoms with E-state index in [9.17, 15) is 19.8 Å². The van der Waals surface area contributed by atoms with E-state index in [0.29, 0.717) is 16.2 Å². The number of phenolic OH excluding ortho intramolecular Hbond substituents is 1. The van der Waals surface area contributed by atoms with Gasteiger partial charge in [0, 0.05) is 6.04 Å². The number of carbonyl (C=O) groups is 2. The highest BCUT2D eigenvalue weighted by atomic mass is 32.1. The van der Waals surface area contributed by atoms with Crippen LogP contribution in [0.3, 0.4) is 0 Å². The van der Waals surface area contributed by atoms with Crippen LogP contribution >= 0.6 is 11.3 Å². The molecule has 0 spiro atoms. The summed E-state index contributed by atoms with van der Waals surface area (Å²) in [4.78, 5) is 28.2. The average molecular weight is 399 g/mol. The second-order valence-corrected chi connectivity index (χ2v) is 8.00. The molecule has 6 nitrogen and oxygen atoms in total. The quantitative estimate of drug-likeness (QED) is 0.743. The number of rotatable bonds is 5. The number of hydrogen-bond acceptors (Lipinski definition) is 6. The fourth-order valence-corrected chi connectivity index (χ4v) is 4.84. The van der Waals surface area contributed by atoms with Crippen LogP contribution in [-0.2, 0) is 4.79 Å². The van der Waals surface area contributed by atoms with Crippen LogP contribution in [0.4, 0.5) is 0 Å². The van der Waals surface area contributed by atoms with Crippen molar-refractivity contribution in [3.05, 3.63) is 57.5 Å². The summed E-state index contributed by atoms with van der Waals surface area (Å²) in [6, 6.07) is 7.48. The molecular formula is C21H21NO5S. The van der Waals surface area contributed by atoms with E-state index in [1.807, 2.05) is 0 Å². The van der Waals surface area contributed by atoms with Gasteiger partial charge in [0.25, 0.3) is 5.91 Å². The van der Waals surface area contributed by atoms with E-state index in [1.54, 1.807) is 34.5 Å². The summed E-state index contributed by atoms with van der Waals surface area (Å²) in [5.74, 6) is -1.15. The zero-order valence-corrected chi connectivity index (χ0v) is 16.2. The Kier molecular flexibility index (Phi) is 4.85. The van der Waals surface area contributed by atoms with Crippen molar-refractivity contribution in [2.45, 2.75) is 37.8 Å². The highest BCUT2D eigenvalue weighted by Crippen LogP contribution is 2.45. The van der Waals surface area contributed by atoms with Gasteiger partial charge in [-0.05, 0) is 42.0 Å². The number of carbonyl (C=O) groups excluding carboxylic acids is 2. The van der Waals surface area contributed by atoms with Crippen molar-refractivity contribution in [3.8, 4) is 11.5 Å². The Morgan fingerprint density at radius 1 is 1.21 bits per heavy atom. The van der Waals surface area contributed by atoms with E-state index in [1.165, 1.54) is 24.5 Å². The second kappa shape index (κ2) is 7.31. The van der Waals surface area contributed by atoms with Crippen LogP contribution < -0.4 is 4.74 Å². The fourth-order valence-electron chi connectivity index (χ4n) is 4.16. The Labute approximate surface area is 166 Å². The highest BCUT2D eigenvalue weighted by molar-refractivity contribution is 7.12. The first kappa shape index (κ1) is 18.6. The summed E-state index contributed by atoms with van der Waals surface area (Å²) >= 11 is 1.27. The predicted molar refractivity (Wildman–Crippen MR) is 105 cm³/mol. The molecule has 2 heterocycles. The lowest BCUT2D eigenvalue weighted by atomic mass is 9.94. The molecule has 1 atom stereocenters. The maximum atomic E-state index is 13.1. The molecule has 1 aliphatic carbocycles. The summed E-state index contributed by atoms with van der Waals surface area (Å²) in [6.45, 7) is 0. The molecule has 1 unspecified atom stereocenters. The molecule has 2 aliphatic rings. The molecule has 4 rings (SSSR count). The van der Waals surface area contributed by atoms with Crippen molar-refractivity contribution < 1.29 is 24.5 Å². The molecule has 1 saturated carbocycles. The van der Waals surface area contributed by atoms with Gasteiger partial charge in [0.15, 0.2) is 17.3 Å². The molecule has 0 radical (unpaired) electrons. The fraction of sp³-hybridized carbons (Fsp3) is 0.333. The van der Waals surface area contributed by atoms with Crippen molar-refractivity contribution >= 4 is 23.0 Å². The van der Waals surface area contributed by atoms with Crippen LogP contribution in [0.15, 0.2) is 47.0 Å². The molecule has 1 amide bonds. The summed E-state index contributed by atoms with van der Waals surface area (Å²) < 4.78 is 5.11. The lowest BCUT2D eigenvalue weighted by Crippen LogP contribution is -2.38. The number of nitrogens with zero attached hydrogens (tertiary/aromatic N) is 1. The van der Waals surface area contributed by atoms with E-state index in [-0.39, 0.29) is 23.1 Å². The maximum absolute atomic E-state index is 13.1. The molecule has 1 aliphatic heterocycles. The first-order valence-electron chi connectivity index (χ1n) is 9.23. The zero-order chi connectivity index (χ0) is 19.8. The predicted octanol–water partition coefficient (Wildman–Crippen LogP) is 3.98. The Hall–Kier alpha value is -2.80. The number of aliphatic hydroxyl groups is 1. The van der Waals surface area contributed by atoms with E-state index in [4.69, 9.17) is 4.74 Å². The zero-order valence-electron chi connectivity index (χ0n) is 15.4. The third kappa shape index (κ3) is 2.96. The van der Waals surface area contributed by atoms with Crippen molar-refractivity contribution in [1.29, 1.82) is 0 Å². The number of benzene rings is 1. The van der Waals surface area contributed by atoms with Gasteiger partial charge in [-0.1, -0.05) is 25.0 Å². The third-order valence-electron chi connectivity index (χ3n) is 5.47. The molecule has 1 fully saturated rings. The normalized spacial score (nSPS) is 20.2. The number of amides is 1. The minimum Gasteiger partial charge on any atom is -0.504 e. The lowest BCUT2D eigenvalue weighted by Gasteiger charge is -2.32. The molecule has 0 saturated heterocycles. The van der Waals surface area contributed by atoms with Crippen molar-refractivity contribution in [2.24, 2.45) is 0 Å². The molecule has 146 valence electrons. The van der Waals surface area contributed by atoms with Crippen LogP contribution in [0.25, 0.3) is 0 Å². The van der Waals surface area contributed by atoms with Crippen LogP contribution in [0, 0.1) is 0 Å². The number of ketones is 1. The molecule has 0 bridgehead atoms. The Balaban J connectivity index is 1.83.